The van der Waals surface area contributed by atoms with E-state index in [0.29, 0.717) is 17.9 Å². The molecule has 1 heterocycles. The average molecular weight is 359 g/mol. The molecule has 4 heteroatoms. The van der Waals surface area contributed by atoms with Crippen molar-refractivity contribution in [3.8, 4) is 0 Å². The zero-order valence-electron chi connectivity index (χ0n) is 14.1. The van der Waals surface area contributed by atoms with E-state index in [1.54, 1.807) is 0 Å². The smallest absolute Gasteiger partial charge is 0.0854 e. The Hall–Kier alpha value is -1.65. The van der Waals surface area contributed by atoms with Gasteiger partial charge in [-0.3, -0.25) is 0 Å². The number of hydrogen-bond donors (Lipinski definition) is 2. The second kappa shape index (κ2) is 8.15. The molecular formula is C21H23ClO3. The summed E-state index contributed by atoms with van der Waals surface area (Å²) in [6.45, 7) is 3.69. The molecule has 0 aromatic heterocycles. The first-order valence-electron chi connectivity index (χ1n) is 8.53. The molecule has 2 aromatic rings. The normalized spacial score (nSPS) is 23.4. The molecule has 25 heavy (non-hydrogen) atoms. The van der Waals surface area contributed by atoms with Gasteiger partial charge in [0.15, 0.2) is 0 Å². The minimum Gasteiger partial charge on any atom is -0.394 e. The van der Waals surface area contributed by atoms with Crippen LogP contribution in [0.15, 0.2) is 49.0 Å². The van der Waals surface area contributed by atoms with E-state index < -0.39 is 6.10 Å². The first-order chi connectivity index (χ1) is 12.1. The molecule has 132 valence electrons. The summed E-state index contributed by atoms with van der Waals surface area (Å²) in [5, 5.41) is 20.1. The molecule has 2 N–H and O–H groups in total. The van der Waals surface area contributed by atoms with E-state index in [0.717, 1.165) is 23.1 Å². The zero-order valence-corrected chi connectivity index (χ0v) is 14.8. The highest BCUT2D eigenvalue weighted by molar-refractivity contribution is 6.31. The summed E-state index contributed by atoms with van der Waals surface area (Å²) in [6, 6.07) is 14.1. The molecule has 3 atom stereocenters. The topological polar surface area (TPSA) is 49.7 Å². The maximum atomic E-state index is 10.0. The Morgan fingerprint density at radius 1 is 1.16 bits per heavy atom. The van der Waals surface area contributed by atoms with Crippen molar-refractivity contribution in [1.82, 2.24) is 0 Å². The zero-order chi connectivity index (χ0) is 17.8. The van der Waals surface area contributed by atoms with Crippen molar-refractivity contribution in [2.45, 2.75) is 37.6 Å². The molecule has 3 rings (SSSR count). The van der Waals surface area contributed by atoms with Crippen molar-refractivity contribution in [2.24, 2.45) is 0 Å². The third-order valence-corrected chi connectivity index (χ3v) is 5.00. The Morgan fingerprint density at radius 3 is 2.60 bits per heavy atom. The summed E-state index contributed by atoms with van der Waals surface area (Å²) in [7, 11) is 0. The van der Waals surface area contributed by atoms with Crippen LogP contribution in [0.2, 0.25) is 5.02 Å². The van der Waals surface area contributed by atoms with Gasteiger partial charge >= 0.3 is 0 Å². The Kier molecular flexibility index (Phi) is 5.92. The highest BCUT2D eigenvalue weighted by atomic mass is 35.5. The Balaban J connectivity index is 1.80. The summed E-state index contributed by atoms with van der Waals surface area (Å²) in [5.74, 6) is 0. The van der Waals surface area contributed by atoms with Crippen LogP contribution in [-0.4, -0.2) is 29.0 Å². The van der Waals surface area contributed by atoms with E-state index in [-0.39, 0.29) is 18.8 Å². The number of aliphatic hydroxyl groups is 2. The van der Waals surface area contributed by atoms with Crippen molar-refractivity contribution in [1.29, 1.82) is 0 Å². The number of benzene rings is 2. The molecule has 0 amide bonds. The van der Waals surface area contributed by atoms with Gasteiger partial charge in [-0.25, -0.2) is 0 Å². The van der Waals surface area contributed by atoms with Crippen LogP contribution in [-0.2, 0) is 11.2 Å². The molecule has 1 aliphatic rings. The molecule has 3 unspecified atom stereocenters. The lowest BCUT2D eigenvalue weighted by molar-refractivity contribution is -0.113. The summed E-state index contributed by atoms with van der Waals surface area (Å²) >= 11 is 6.38. The van der Waals surface area contributed by atoms with Gasteiger partial charge in [0.2, 0.25) is 0 Å². The number of hydrogen-bond acceptors (Lipinski definition) is 3. The fraction of sp³-hybridized carbons (Fsp3) is 0.333. The van der Waals surface area contributed by atoms with E-state index in [1.165, 1.54) is 5.56 Å². The van der Waals surface area contributed by atoms with Crippen molar-refractivity contribution >= 4 is 17.7 Å². The fourth-order valence-corrected chi connectivity index (χ4v) is 3.43. The number of aliphatic hydroxyl groups excluding tert-OH is 2. The van der Waals surface area contributed by atoms with E-state index in [9.17, 15) is 10.2 Å². The van der Waals surface area contributed by atoms with Gasteiger partial charge in [0.25, 0.3) is 0 Å². The summed E-state index contributed by atoms with van der Waals surface area (Å²) in [4.78, 5) is 0. The predicted octanol–water partition coefficient (Wildman–Crippen LogP) is 4.15. The number of rotatable bonds is 5. The highest BCUT2D eigenvalue weighted by Crippen LogP contribution is 2.33. The van der Waals surface area contributed by atoms with Crippen molar-refractivity contribution in [3.63, 3.8) is 0 Å². The van der Waals surface area contributed by atoms with Gasteiger partial charge < -0.3 is 14.9 Å². The molecule has 0 aliphatic carbocycles. The Labute approximate surface area is 153 Å². The van der Waals surface area contributed by atoms with Crippen LogP contribution in [0.5, 0.6) is 0 Å². The van der Waals surface area contributed by atoms with E-state index >= 15 is 0 Å². The van der Waals surface area contributed by atoms with Crippen molar-refractivity contribution in [3.05, 3.63) is 76.3 Å². The first-order valence-corrected chi connectivity index (χ1v) is 8.91. The van der Waals surface area contributed by atoms with Gasteiger partial charge in [0.1, 0.15) is 0 Å². The Bertz CT molecular complexity index is 726. The van der Waals surface area contributed by atoms with Gasteiger partial charge in [-0.1, -0.05) is 60.7 Å². The lowest BCUT2D eigenvalue weighted by Gasteiger charge is -2.32. The molecule has 0 spiro atoms. The standard InChI is InChI=1S/C21H23ClO3/c1-2-14-3-5-15(6-4-14)9-17-10-16(7-8-20(17)22)21-12-18(24)11-19(13-23)25-21/h2-8,10,18-19,21,23-24H,1,9,11-13H2. The van der Waals surface area contributed by atoms with Crippen molar-refractivity contribution < 1.29 is 14.9 Å². The molecule has 1 fully saturated rings. The molecule has 2 aromatic carbocycles. The quantitative estimate of drug-likeness (QED) is 0.844. The minimum atomic E-state index is -0.457. The monoisotopic (exact) mass is 358 g/mol. The van der Waals surface area contributed by atoms with Crippen LogP contribution in [0.3, 0.4) is 0 Å². The molecule has 0 bridgehead atoms. The summed E-state index contributed by atoms with van der Waals surface area (Å²) in [6.07, 6.45) is 2.55. The molecular weight excluding hydrogens is 336 g/mol. The van der Waals surface area contributed by atoms with E-state index in [4.69, 9.17) is 16.3 Å². The Morgan fingerprint density at radius 2 is 1.92 bits per heavy atom. The summed E-state index contributed by atoms with van der Waals surface area (Å²) in [5.41, 5.74) is 4.26. The van der Waals surface area contributed by atoms with E-state index in [1.807, 2.05) is 36.4 Å². The lowest BCUT2D eigenvalue weighted by atomic mass is 9.94. The fourth-order valence-electron chi connectivity index (χ4n) is 3.24. The minimum absolute atomic E-state index is 0.0797. The van der Waals surface area contributed by atoms with Crippen molar-refractivity contribution in [2.75, 3.05) is 6.61 Å². The molecule has 0 radical (unpaired) electrons. The van der Waals surface area contributed by atoms with Gasteiger partial charge in [-0.05, 0) is 34.7 Å². The van der Waals surface area contributed by atoms with Gasteiger partial charge in [-0.15, -0.1) is 0 Å². The highest BCUT2D eigenvalue weighted by Gasteiger charge is 2.29. The number of ether oxygens (including phenoxy) is 1. The second-order valence-electron chi connectivity index (χ2n) is 6.53. The third-order valence-electron chi connectivity index (χ3n) is 4.63. The maximum Gasteiger partial charge on any atom is 0.0854 e. The van der Waals surface area contributed by atoms with E-state index in [2.05, 4.69) is 18.7 Å². The third kappa shape index (κ3) is 4.50. The lowest BCUT2D eigenvalue weighted by Crippen LogP contribution is -2.33. The average Bonchev–Trinajstić information content (AvgIpc) is 2.63. The first kappa shape index (κ1) is 18.2. The molecule has 0 saturated carbocycles. The van der Waals surface area contributed by atoms with Crippen LogP contribution >= 0.6 is 11.6 Å². The second-order valence-corrected chi connectivity index (χ2v) is 6.94. The van der Waals surface area contributed by atoms with Crippen LogP contribution in [0.4, 0.5) is 0 Å². The number of halogens is 1. The SMILES string of the molecule is C=Cc1ccc(Cc2cc(C3CC(O)CC(CO)O3)ccc2Cl)cc1. The predicted molar refractivity (Wildman–Crippen MR) is 101 cm³/mol. The van der Waals surface area contributed by atoms with Crippen LogP contribution in [0, 0.1) is 0 Å². The van der Waals surface area contributed by atoms with Crippen LogP contribution in [0.1, 0.15) is 41.2 Å². The maximum absolute atomic E-state index is 10.0. The molecule has 1 saturated heterocycles. The van der Waals surface area contributed by atoms with Crippen LogP contribution < -0.4 is 0 Å². The van der Waals surface area contributed by atoms with Gasteiger partial charge in [0, 0.05) is 17.9 Å². The summed E-state index contributed by atoms with van der Waals surface area (Å²) < 4.78 is 5.90. The molecule has 3 nitrogen and oxygen atoms in total. The van der Waals surface area contributed by atoms with Gasteiger partial charge in [-0.2, -0.15) is 0 Å². The largest absolute Gasteiger partial charge is 0.394 e. The molecule has 1 aliphatic heterocycles. The van der Waals surface area contributed by atoms with Crippen LogP contribution in [0.25, 0.3) is 6.08 Å². The van der Waals surface area contributed by atoms with Gasteiger partial charge in [0.05, 0.1) is 24.9 Å².